The summed E-state index contributed by atoms with van der Waals surface area (Å²) in [5.74, 6) is -0.459. The monoisotopic (exact) mass is 547 g/mol. The molecule has 0 aromatic carbocycles. The number of ether oxygens (including phenoxy) is 3. The van der Waals surface area contributed by atoms with Crippen LogP contribution in [0, 0.1) is 5.41 Å². The first-order valence-corrected chi connectivity index (χ1v) is 11.1. The van der Waals surface area contributed by atoms with E-state index in [0.717, 1.165) is 0 Å². The average Bonchev–Trinajstić information content (AvgIpc) is 2.61. The third kappa shape index (κ3) is 4.13. The SMILES string of the molecule is CC(=O)NC(C(C)O)C(O)OC1C(I)C2(O)C(OCC(C)(C)C(C)(C)O)OC12CO. The summed E-state index contributed by atoms with van der Waals surface area (Å²) < 4.78 is 16.4. The van der Waals surface area contributed by atoms with Gasteiger partial charge in [0.2, 0.25) is 5.91 Å². The van der Waals surface area contributed by atoms with Gasteiger partial charge in [-0.15, -0.1) is 0 Å². The van der Waals surface area contributed by atoms with Gasteiger partial charge >= 0.3 is 0 Å². The number of hydrogen-bond acceptors (Lipinski definition) is 9. The van der Waals surface area contributed by atoms with E-state index < -0.39 is 69.5 Å². The van der Waals surface area contributed by atoms with Crippen molar-refractivity contribution in [3.05, 3.63) is 0 Å². The molecule has 2 aliphatic rings. The number of nitrogens with one attached hydrogen (secondary N) is 1. The zero-order valence-electron chi connectivity index (χ0n) is 18.1. The Bertz CT molecular complexity index is 640. The number of halogens is 1. The van der Waals surface area contributed by atoms with Crippen LogP contribution in [-0.4, -0.2) is 96.2 Å². The number of carbonyl (C=O) groups excluding carboxylic acids is 1. The van der Waals surface area contributed by atoms with Crippen LogP contribution >= 0.6 is 22.6 Å². The average molecular weight is 547 g/mol. The van der Waals surface area contributed by atoms with E-state index in [2.05, 4.69) is 5.32 Å². The maximum atomic E-state index is 11.3. The minimum absolute atomic E-state index is 0.0924. The number of fused-ring (bicyclic) bond motifs is 1. The number of aliphatic hydroxyl groups is 5. The summed E-state index contributed by atoms with van der Waals surface area (Å²) in [5, 5.41) is 54.0. The topological polar surface area (TPSA) is 158 Å². The largest absolute Gasteiger partial charge is 0.393 e. The van der Waals surface area contributed by atoms with E-state index >= 15 is 0 Å². The molecule has 1 heterocycles. The minimum atomic E-state index is -1.60. The van der Waals surface area contributed by atoms with Crippen molar-refractivity contribution >= 4 is 28.5 Å². The van der Waals surface area contributed by atoms with Crippen molar-refractivity contribution in [1.82, 2.24) is 5.32 Å². The van der Waals surface area contributed by atoms with Crippen molar-refractivity contribution in [1.29, 1.82) is 0 Å². The molecule has 10 nitrogen and oxygen atoms in total. The Labute approximate surface area is 190 Å². The smallest absolute Gasteiger partial charge is 0.217 e. The predicted molar refractivity (Wildman–Crippen MR) is 114 cm³/mol. The van der Waals surface area contributed by atoms with Crippen molar-refractivity contribution in [3.8, 4) is 0 Å². The Morgan fingerprint density at radius 2 is 1.87 bits per heavy atom. The van der Waals surface area contributed by atoms with Crippen LogP contribution in [0.4, 0.5) is 0 Å². The molecular weight excluding hydrogens is 513 g/mol. The first kappa shape index (κ1) is 26.1. The second-order valence-corrected chi connectivity index (χ2v) is 10.7. The fourth-order valence-corrected chi connectivity index (χ4v) is 5.07. The molecule has 1 amide bonds. The molecule has 0 radical (unpaired) electrons. The highest BCUT2D eigenvalue weighted by Crippen LogP contribution is 2.62. The summed E-state index contributed by atoms with van der Waals surface area (Å²) >= 11 is 1.93. The molecule has 1 aliphatic carbocycles. The van der Waals surface area contributed by atoms with Crippen LogP contribution in [-0.2, 0) is 19.0 Å². The van der Waals surface area contributed by atoms with E-state index in [4.69, 9.17) is 14.2 Å². The van der Waals surface area contributed by atoms with Gasteiger partial charge in [-0.3, -0.25) is 4.79 Å². The number of hydrogen-bond donors (Lipinski definition) is 6. The lowest BCUT2D eigenvalue weighted by Crippen LogP contribution is -2.95. The van der Waals surface area contributed by atoms with Crippen molar-refractivity contribution in [3.63, 3.8) is 0 Å². The van der Waals surface area contributed by atoms with Gasteiger partial charge in [0, 0.05) is 12.3 Å². The molecule has 30 heavy (non-hydrogen) atoms. The van der Waals surface area contributed by atoms with Crippen LogP contribution in [0.3, 0.4) is 0 Å². The lowest BCUT2D eigenvalue weighted by atomic mass is 9.58. The molecule has 8 unspecified atom stereocenters. The van der Waals surface area contributed by atoms with Crippen LogP contribution in [0.1, 0.15) is 41.5 Å². The molecule has 1 saturated carbocycles. The van der Waals surface area contributed by atoms with Crippen molar-refractivity contribution < 1.29 is 44.5 Å². The van der Waals surface area contributed by atoms with Crippen molar-refractivity contribution in [2.45, 2.75) is 93.1 Å². The zero-order valence-corrected chi connectivity index (χ0v) is 20.3. The number of carbonyl (C=O) groups is 1. The van der Waals surface area contributed by atoms with Gasteiger partial charge < -0.3 is 45.1 Å². The van der Waals surface area contributed by atoms with E-state index in [1.165, 1.54) is 13.8 Å². The highest BCUT2D eigenvalue weighted by atomic mass is 127. The van der Waals surface area contributed by atoms with E-state index in [1.807, 2.05) is 36.4 Å². The molecule has 1 saturated heterocycles. The molecule has 8 atom stereocenters. The lowest BCUT2D eigenvalue weighted by Gasteiger charge is -2.72. The van der Waals surface area contributed by atoms with Gasteiger partial charge in [-0.2, -0.15) is 0 Å². The Hall–Kier alpha value is -0.120. The molecule has 1 aliphatic heterocycles. The van der Waals surface area contributed by atoms with Crippen LogP contribution in [0.15, 0.2) is 0 Å². The van der Waals surface area contributed by atoms with Gasteiger partial charge in [-0.1, -0.05) is 36.4 Å². The summed E-state index contributed by atoms with van der Waals surface area (Å²) in [4.78, 5) is 11.3. The molecular formula is C19H34INO9. The molecule has 0 aromatic rings. The summed E-state index contributed by atoms with van der Waals surface area (Å²) in [7, 11) is 0. The molecule has 2 fully saturated rings. The number of aliphatic hydroxyl groups excluding tert-OH is 3. The van der Waals surface area contributed by atoms with Gasteiger partial charge in [0.15, 0.2) is 23.8 Å². The first-order valence-electron chi connectivity index (χ1n) is 9.83. The Kier molecular flexibility index (Phi) is 7.55. The zero-order chi connectivity index (χ0) is 23.3. The summed E-state index contributed by atoms with van der Waals surface area (Å²) in [6.45, 7) is 9.09. The second-order valence-electron chi connectivity index (χ2n) is 9.39. The van der Waals surface area contributed by atoms with Crippen molar-refractivity contribution in [2.24, 2.45) is 5.41 Å². The highest BCUT2D eigenvalue weighted by molar-refractivity contribution is 14.1. The van der Waals surface area contributed by atoms with Crippen LogP contribution < -0.4 is 5.32 Å². The molecule has 0 aromatic heterocycles. The third-order valence-electron chi connectivity index (χ3n) is 6.47. The lowest BCUT2D eigenvalue weighted by molar-refractivity contribution is -0.499. The van der Waals surface area contributed by atoms with E-state index in [-0.39, 0.29) is 6.61 Å². The normalized spacial score (nSPS) is 36.7. The second kappa shape index (κ2) is 8.67. The van der Waals surface area contributed by atoms with E-state index in [0.29, 0.717) is 0 Å². The fraction of sp³-hybridized carbons (Fsp3) is 0.947. The predicted octanol–water partition coefficient (Wildman–Crippen LogP) is -0.975. The van der Waals surface area contributed by atoms with Gasteiger partial charge in [-0.25, -0.2) is 0 Å². The summed E-state index contributed by atoms with van der Waals surface area (Å²) in [5.41, 5.74) is -4.75. The van der Waals surface area contributed by atoms with Crippen LogP contribution in [0.25, 0.3) is 0 Å². The Morgan fingerprint density at radius 3 is 2.30 bits per heavy atom. The number of amides is 1. The van der Waals surface area contributed by atoms with E-state index in [9.17, 15) is 30.3 Å². The van der Waals surface area contributed by atoms with Crippen LogP contribution in [0.2, 0.25) is 0 Å². The molecule has 0 bridgehead atoms. The van der Waals surface area contributed by atoms with Gasteiger partial charge in [-0.05, 0) is 20.8 Å². The Morgan fingerprint density at radius 1 is 1.30 bits per heavy atom. The molecule has 6 N–H and O–H groups in total. The quantitative estimate of drug-likeness (QED) is 0.115. The Balaban J connectivity index is 2.08. The van der Waals surface area contributed by atoms with Gasteiger partial charge in [0.1, 0.15) is 12.1 Å². The maximum Gasteiger partial charge on any atom is 0.217 e. The molecule has 0 spiro atoms. The number of alkyl halides is 1. The molecule has 176 valence electrons. The van der Waals surface area contributed by atoms with Gasteiger partial charge in [0.25, 0.3) is 0 Å². The minimum Gasteiger partial charge on any atom is -0.393 e. The highest BCUT2D eigenvalue weighted by Gasteiger charge is 2.85. The number of rotatable bonds is 10. The third-order valence-corrected chi connectivity index (χ3v) is 8.07. The fourth-order valence-electron chi connectivity index (χ4n) is 3.50. The molecule has 2 rings (SSSR count). The van der Waals surface area contributed by atoms with Crippen LogP contribution in [0.5, 0.6) is 0 Å². The van der Waals surface area contributed by atoms with E-state index in [1.54, 1.807) is 13.8 Å². The first-order chi connectivity index (χ1) is 13.5. The molecule has 11 heteroatoms. The standard InChI is InChI=1S/C19H34INO9/c1-9(23)11(21-10(2)24)14(25)29-13-12(20)19(27)15(30-18(13,19)7-22)28-8-16(3,4)17(5,6)26/h9,11-15,22-23,25-27H,7-8H2,1-6H3,(H,21,24). The van der Waals surface area contributed by atoms with Gasteiger partial charge in [0.05, 0.1) is 28.8 Å². The summed E-state index contributed by atoms with van der Waals surface area (Å²) in [6, 6.07) is -1.10. The summed E-state index contributed by atoms with van der Waals surface area (Å²) in [6.07, 6.45) is -4.67. The van der Waals surface area contributed by atoms with Crippen molar-refractivity contribution in [2.75, 3.05) is 13.2 Å². The maximum absolute atomic E-state index is 11.3.